The molecule has 0 saturated heterocycles. The van der Waals surface area contributed by atoms with E-state index in [1.807, 2.05) is 13.8 Å². The van der Waals surface area contributed by atoms with Gasteiger partial charge in [-0.3, -0.25) is 4.79 Å². The lowest BCUT2D eigenvalue weighted by atomic mass is 10.2. The van der Waals surface area contributed by atoms with E-state index in [1.54, 1.807) is 0 Å². The van der Waals surface area contributed by atoms with Crippen LogP contribution >= 0.6 is 0 Å². The van der Waals surface area contributed by atoms with Gasteiger partial charge in [-0.1, -0.05) is 26.2 Å². The van der Waals surface area contributed by atoms with Crippen LogP contribution in [-0.2, 0) is 4.79 Å². The fourth-order valence-electron chi connectivity index (χ4n) is 1.25. The minimum absolute atomic E-state index is 0.0930. The SMILES string of the molecule is CCCCCCNCC(=O)NC(C)C. The summed E-state index contributed by atoms with van der Waals surface area (Å²) in [6.07, 6.45) is 4.98. The fraction of sp³-hybridized carbons (Fsp3) is 0.909. The number of hydrogen-bond acceptors (Lipinski definition) is 2. The summed E-state index contributed by atoms with van der Waals surface area (Å²) in [5.74, 6) is 0.0930. The van der Waals surface area contributed by atoms with Gasteiger partial charge in [0, 0.05) is 6.04 Å². The molecule has 0 spiro atoms. The molecule has 3 heteroatoms. The van der Waals surface area contributed by atoms with Crippen LogP contribution < -0.4 is 10.6 Å². The molecule has 0 heterocycles. The predicted octanol–water partition coefficient (Wildman–Crippen LogP) is 1.68. The van der Waals surface area contributed by atoms with E-state index in [2.05, 4.69) is 17.6 Å². The molecule has 3 nitrogen and oxygen atoms in total. The van der Waals surface area contributed by atoms with Crippen LogP contribution in [0.1, 0.15) is 46.5 Å². The Bertz CT molecular complexity index is 146. The third-order valence-corrected chi connectivity index (χ3v) is 1.94. The van der Waals surface area contributed by atoms with Gasteiger partial charge in [0.25, 0.3) is 0 Å². The van der Waals surface area contributed by atoms with E-state index >= 15 is 0 Å². The third kappa shape index (κ3) is 9.52. The number of amides is 1. The van der Waals surface area contributed by atoms with Crippen LogP contribution in [-0.4, -0.2) is 25.0 Å². The lowest BCUT2D eigenvalue weighted by molar-refractivity contribution is -0.120. The minimum atomic E-state index is 0.0930. The van der Waals surface area contributed by atoms with Crippen molar-refractivity contribution >= 4 is 5.91 Å². The first kappa shape index (κ1) is 13.4. The first-order valence-corrected chi connectivity index (χ1v) is 5.67. The zero-order valence-corrected chi connectivity index (χ0v) is 9.73. The van der Waals surface area contributed by atoms with E-state index in [-0.39, 0.29) is 11.9 Å². The van der Waals surface area contributed by atoms with E-state index in [0.717, 1.165) is 6.54 Å². The smallest absolute Gasteiger partial charge is 0.234 e. The molecule has 0 radical (unpaired) electrons. The van der Waals surface area contributed by atoms with Crippen molar-refractivity contribution in [2.24, 2.45) is 0 Å². The van der Waals surface area contributed by atoms with Crippen molar-refractivity contribution in [1.82, 2.24) is 10.6 Å². The molecule has 0 aromatic carbocycles. The van der Waals surface area contributed by atoms with Crippen LogP contribution in [0.5, 0.6) is 0 Å². The van der Waals surface area contributed by atoms with Crippen LogP contribution in [0.4, 0.5) is 0 Å². The molecule has 84 valence electrons. The Kier molecular flexibility index (Phi) is 8.64. The normalized spacial score (nSPS) is 10.6. The molecular weight excluding hydrogens is 176 g/mol. The molecule has 0 fully saturated rings. The summed E-state index contributed by atoms with van der Waals surface area (Å²) in [4.78, 5) is 11.2. The summed E-state index contributed by atoms with van der Waals surface area (Å²) >= 11 is 0. The number of carbonyl (C=O) groups excluding carboxylic acids is 1. The van der Waals surface area contributed by atoms with Gasteiger partial charge in [0.15, 0.2) is 0 Å². The highest BCUT2D eigenvalue weighted by Crippen LogP contribution is 1.96. The number of carbonyl (C=O) groups is 1. The highest BCUT2D eigenvalue weighted by Gasteiger charge is 2.00. The van der Waals surface area contributed by atoms with Crippen molar-refractivity contribution in [2.45, 2.75) is 52.5 Å². The number of hydrogen-bond donors (Lipinski definition) is 2. The van der Waals surface area contributed by atoms with Gasteiger partial charge in [-0.15, -0.1) is 0 Å². The largest absolute Gasteiger partial charge is 0.353 e. The summed E-state index contributed by atoms with van der Waals surface area (Å²) in [7, 11) is 0. The Morgan fingerprint density at radius 3 is 2.50 bits per heavy atom. The molecule has 0 aliphatic heterocycles. The van der Waals surface area contributed by atoms with Crippen LogP contribution in [0.2, 0.25) is 0 Å². The van der Waals surface area contributed by atoms with Gasteiger partial charge < -0.3 is 10.6 Å². The van der Waals surface area contributed by atoms with E-state index in [1.165, 1.54) is 25.7 Å². The predicted molar refractivity (Wildman–Crippen MR) is 60.3 cm³/mol. The Morgan fingerprint density at radius 1 is 1.21 bits per heavy atom. The minimum Gasteiger partial charge on any atom is -0.353 e. The summed E-state index contributed by atoms with van der Waals surface area (Å²) in [6.45, 7) is 7.54. The third-order valence-electron chi connectivity index (χ3n) is 1.94. The van der Waals surface area contributed by atoms with Gasteiger partial charge in [-0.2, -0.15) is 0 Å². The topological polar surface area (TPSA) is 41.1 Å². The lowest BCUT2D eigenvalue weighted by Crippen LogP contribution is -2.37. The van der Waals surface area contributed by atoms with Crippen LogP contribution in [0.15, 0.2) is 0 Å². The highest BCUT2D eigenvalue weighted by molar-refractivity contribution is 5.78. The Morgan fingerprint density at radius 2 is 1.93 bits per heavy atom. The Balaban J connectivity index is 3.15. The van der Waals surface area contributed by atoms with Crippen LogP contribution in [0.25, 0.3) is 0 Å². The maximum Gasteiger partial charge on any atom is 0.234 e. The summed E-state index contributed by atoms with van der Waals surface area (Å²) in [5.41, 5.74) is 0. The molecule has 1 amide bonds. The number of nitrogens with one attached hydrogen (secondary N) is 2. The van der Waals surface area contributed by atoms with Gasteiger partial charge in [0.1, 0.15) is 0 Å². The maximum absolute atomic E-state index is 11.2. The zero-order valence-electron chi connectivity index (χ0n) is 9.73. The monoisotopic (exact) mass is 200 g/mol. The molecule has 0 aromatic heterocycles. The molecule has 0 aromatic rings. The van der Waals surface area contributed by atoms with Gasteiger partial charge in [0.05, 0.1) is 6.54 Å². The molecule has 0 atom stereocenters. The zero-order chi connectivity index (χ0) is 10.8. The summed E-state index contributed by atoms with van der Waals surface area (Å²) in [5, 5.41) is 5.98. The van der Waals surface area contributed by atoms with Gasteiger partial charge >= 0.3 is 0 Å². The van der Waals surface area contributed by atoms with Crippen molar-refractivity contribution < 1.29 is 4.79 Å². The number of rotatable bonds is 8. The molecule has 0 saturated carbocycles. The van der Waals surface area contributed by atoms with Crippen LogP contribution in [0, 0.1) is 0 Å². The molecule has 0 rings (SSSR count). The fourth-order valence-corrected chi connectivity index (χ4v) is 1.25. The number of unbranched alkanes of at least 4 members (excludes halogenated alkanes) is 3. The van der Waals surface area contributed by atoms with Gasteiger partial charge in [-0.05, 0) is 26.8 Å². The van der Waals surface area contributed by atoms with E-state index in [0.29, 0.717) is 6.54 Å². The second kappa shape index (κ2) is 9.00. The van der Waals surface area contributed by atoms with E-state index in [4.69, 9.17) is 0 Å². The van der Waals surface area contributed by atoms with Gasteiger partial charge in [0.2, 0.25) is 5.91 Å². The second-order valence-corrected chi connectivity index (χ2v) is 3.96. The maximum atomic E-state index is 11.2. The molecule has 2 N–H and O–H groups in total. The first-order chi connectivity index (χ1) is 6.66. The molecule has 0 unspecified atom stereocenters. The van der Waals surface area contributed by atoms with Crippen molar-refractivity contribution in [2.75, 3.05) is 13.1 Å². The van der Waals surface area contributed by atoms with Crippen LogP contribution in [0.3, 0.4) is 0 Å². The quantitative estimate of drug-likeness (QED) is 0.585. The van der Waals surface area contributed by atoms with E-state index in [9.17, 15) is 4.79 Å². The van der Waals surface area contributed by atoms with Crippen molar-refractivity contribution in [3.63, 3.8) is 0 Å². The standard InChI is InChI=1S/C11H24N2O/c1-4-5-6-7-8-12-9-11(14)13-10(2)3/h10,12H,4-9H2,1-3H3,(H,13,14). The average Bonchev–Trinajstić information content (AvgIpc) is 2.10. The Hall–Kier alpha value is -0.570. The summed E-state index contributed by atoms with van der Waals surface area (Å²) < 4.78 is 0. The van der Waals surface area contributed by atoms with Gasteiger partial charge in [-0.25, -0.2) is 0 Å². The Labute approximate surface area is 87.6 Å². The molecule has 0 bridgehead atoms. The molecule has 0 aliphatic rings. The second-order valence-electron chi connectivity index (χ2n) is 3.96. The summed E-state index contributed by atoms with van der Waals surface area (Å²) in [6, 6.07) is 0.240. The lowest BCUT2D eigenvalue weighted by Gasteiger charge is -2.08. The van der Waals surface area contributed by atoms with E-state index < -0.39 is 0 Å². The molecule has 14 heavy (non-hydrogen) atoms. The molecular formula is C11H24N2O. The highest BCUT2D eigenvalue weighted by atomic mass is 16.1. The molecule has 0 aliphatic carbocycles. The van der Waals surface area contributed by atoms with Crippen molar-refractivity contribution in [3.05, 3.63) is 0 Å². The average molecular weight is 200 g/mol. The van der Waals surface area contributed by atoms with Crippen molar-refractivity contribution in [1.29, 1.82) is 0 Å². The first-order valence-electron chi connectivity index (χ1n) is 5.67. The van der Waals surface area contributed by atoms with Crippen molar-refractivity contribution in [3.8, 4) is 0 Å².